The summed E-state index contributed by atoms with van der Waals surface area (Å²) in [5, 5.41) is 20.5. The number of nitrogens with one attached hydrogen (secondary N) is 1. The van der Waals surface area contributed by atoms with Crippen LogP contribution in [-0.4, -0.2) is 61.7 Å². The van der Waals surface area contributed by atoms with Gasteiger partial charge in [-0.05, 0) is 25.5 Å². The molecule has 0 spiro atoms. The van der Waals surface area contributed by atoms with E-state index in [-0.39, 0.29) is 12.5 Å². The molecule has 2 aromatic heterocycles. The summed E-state index contributed by atoms with van der Waals surface area (Å²) in [6.45, 7) is 7.00. The molecule has 0 aliphatic carbocycles. The summed E-state index contributed by atoms with van der Waals surface area (Å²) in [4.78, 5) is 14.1. The van der Waals surface area contributed by atoms with Crippen molar-refractivity contribution in [3.63, 3.8) is 0 Å². The Morgan fingerprint density at radius 3 is 2.96 bits per heavy atom. The second kappa shape index (κ2) is 8.95. The van der Waals surface area contributed by atoms with Crippen LogP contribution in [-0.2, 0) is 30.8 Å². The Morgan fingerprint density at radius 2 is 2.19 bits per heavy atom. The molecule has 8 nitrogen and oxygen atoms in total. The van der Waals surface area contributed by atoms with Crippen molar-refractivity contribution in [2.24, 2.45) is 0 Å². The van der Waals surface area contributed by atoms with Gasteiger partial charge in [-0.1, -0.05) is 0 Å². The van der Waals surface area contributed by atoms with E-state index in [4.69, 9.17) is 5.11 Å². The zero-order valence-corrected chi connectivity index (χ0v) is 15.4. The predicted molar refractivity (Wildman–Crippen MR) is 97.5 cm³/mol. The zero-order chi connectivity index (χ0) is 18.4. The molecular weight excluding hydrogens is 332 g/mol. The van der Waals surface area contributed by atoms with Gasteiger partial charge in [0.1, 0.15) is 0 Å². The number of hydrogen-bond acceptors (Lipinski definition) is 5. The highest BCUT2D eigenvalue weighted by Crippen LogP contribution is 2.15. The molecule has 2 aromatic rings. The van der Waals surface area contributed by atoms with Gasteiger partial charge in [0.15, 0.2) is 0 Å². The molecule has 3 rings (SSSR count). The van der Waals surface area contributed by atoms with Crippen LogP contribution in [0, 0.1) is 6.92 Å². The molecule has 0 radical (unpaired) electrons. The summed E-state index contributed by atoms with van der Waals surface area (Å²) in [7, 11) is 0. The fourth-order valence-electron chi connectivity index (χ4n) is 3.26. The third kappa shape index (κ3) is 5.15. The lowest BCUT2D eigenvalue weighted by Gasteiger charge is -2.19. The van der Waals surface area contributed by atoms with Gasteiger partial charge in [-0.25, -0.2) is 0 Å². The summed E-state index contributed by atoms with van der Waals surface area (Å²) >= 11 is 0. The number of carbonyl (C=O) groups is 1. The first-order chi connectivity index (χ1) is 12.6. The van der Waals surface area contributed by atoms with Crippen molar-refractivity contribution in [3.8, 4) is 0 Å². The summed E-state index contributed by atoms with van der Waals surface area (Å²) in [5.41, 5.74) is 3.22. The third-order valence-corrected chi connectivity index (χ3v) is 4.61. The first-order valence-electron chi connectivity index (χ1n) is 9.29. The Morgan fingerprint density at radius 1 is 1.31 bits per heavy atom. The van der Waals surface area contributed by atoms with Crippen LogP contribution in [0.2, 0.25) is 0 Å². The van der Waals surface area contributed by atoms with E-state index in [1.807, 2.05) is 23.9 Å². The maximum Gasteiger partial charge on any atom is 0.220 e. The summed E-state index contributed by atoms with van der Waals surface area (Å²) < 4.78 is 4.08. The minimum atomic E-state index is -0.0432. The number of aromatic nitrogens is 4. The van der Waals surface area contributed by atoms with Gasteiger partial charge in [-0.3, -0.25) is 19.1 Å². The molecule has 0 aromatic carbocycles. The van der Waals surface area contributed by atoms with Crippen LogP contribution in [0.15, 0.2) is 18.3 Å². The average Bonchev–Trinajstić information content (AvgIpc) is 3.17. The molecule has 1 amide bonds. The Kier molecular flexibility index (Phi) is 6.40. The molecule has 1 aliphatic heterocycles. The Hall–Kier alpha value is -2.19. The molecule has 0 unspecified atom stereocenters. The van der Waals surface area contributed by atoms with Gasteiger partial charge in [0, 0.05) is 51.8 Å². The topological polar surface area (TPSA) is 88.2 Å². The average molecular weight is 360 g/mol. The summed E-state index contributed by atoms with van der Waals surface area (Å²) in [5.74, 6) is -0.0432. The molecule has 0 saturated heterocycles. The van der Waals surface area contributed by atoms with E-state index in [0.717, 1.165) is 50.5 Å². The van der Waals surface area contributed by atoms with E-state index in [0.29, 0.717) is 19.4 Å². The van der Waals surface area contributed by atoms with Gasteiger partial charge in [0.2, 0.25) is 5.91 Å². The fraction of sp³-hybridized carbons (Fsp3) is 0.611. The minimum absolute atomic E-state index is 0.0293. The van der Waals surface area contributed by atoms with Crippen molar-refractivity contribution in [3.05, 3.63) is 35.4 Å². The number of fused-ring (bicyclic) bond motifs is 1. The largest absolute Gasteiger partial charge is 0.395 e. The van der Waals surface area contributed by atoms with Crippen molar-refractivity contribution in [1.82, 2.24) is 29.8 Å². The van der Waals surface area contributed by atoms with Crippen LogP contribution in [0.25, 0.3) is 0 Å². The van der Waals surface area contributed by atoms with E-state index in [2.05, 4.69) is 31.2 Å². The number of carbonyl (C=O) groups excluding carboxylic acids is 1. The van der Waals surface area contributed by atoms with Crippen LogP contribution < -0.4 is 5.32 Å². The van der Waals surface area contributed by atoms with Crippen molar-refractivity contribution in [2.45, 2.75) is 45.8 Å². The number of amides is 1. The zero-order valence-electron chi connectivity index (χ0n) is 15.4. The number of aliphatic hydroxyl groups is 1. The number of nitrogens with zero attached hydrogens (tertiary/aromatic N) is 5. The highest BCUT2D eigenvalue weighted by atomic mass is 16.3. The van der Waals surface area contributed by atoms with E-state index < -0.39 is 0 Å². The summed E-state index contributed by atoms with van der Waals surface area (Å²) in [6, 6.07) is 4.15. The molecule has 0 atom stereocenters. The number of aryl methyl sites for hydroxylation is 3. The first kappa shape index (κ1) is 18.6. The van der Waals surface area contributed by atoms with Gasteiger partial charge in [0.05, 0.1) is 30.2 Å². The lowest BCUT2D eigenvalue weighted by Crippen LogP contribution is -2.27. The first-order valence-corrected chi connectivity index (χ1v) is 9.29. The van der Waals surface area contributed by atoms with Crippen LogP contribution in [0.5, 0.6) is 0 Å². The lowest BCUT2D eigenvalue weighted by atomic mass is 10.2. The van der Waals surface area contributed by atoms with Crippen molar-refractivity contribution < 1.29 is 9.90 Å². The second-order valence-corrected chi connectivity index (χ2v) is 6.77. The number of hydrogen-bond donors (Lipinski definition) is 2. The quantitative estimate of drug-likeness (QED) is 0.709. The molecule has 1 aliphatic rings. The monoisotopic (exact) mass is 360 g/mol. The standard InChI is InChI=1S/C18H28N6O2/c1-15-5-9-23(20-15)11-10-22-7-2-8-24-17(14-22)13-16(21-24)3-4-18(26)19-6-12-25/h5,9,13,25H,2-4,6-8,10-12,14H2,1H3,(H,19,26). The number of rotatable bonds is 8. The van der Waals surface area contributed by atoms with Crippen LogP contribution in [0.1, 0.15) is 29.9 Å². The highest BCUT2D eigenvalue weighted by molar-refractivity contribution is 5.76. The minimum Gasteiger partial charge on any atom is -0.395 e. The highest BCUT2D eigenvalue weighted by Gasteiger charge is 2.17. The van der Waals surface area contributed by atoms with Gasteiger partial charge in [-0.15, -0.1) is 0 Å². The molecule has 2 N–H and O–H groups in total. The normalized spacial score (nSPS) is 14.8. The van der Waals surface area contributed by atoms with Gasteiger partial charge in [0.25, 0.3) is 0 Å². The molecule has 0 saturated carbocycles. The molecule has 0 fully saturated rings. The maximum atomic E-state index is 11.7. The number of aliphatic hydroxyl groups excluding tert-OH is 1. The van der Waals surface area contributed by atoms with E-state index in [1.54, 1.807) is 0 Å². The molecule has 3 heterocycles. The maximum absolute atomic E-state index is 11.7. The van der Waals surface area contributed by atoms with E-state index >= 15 is 0 Å². The fourth-order valence-corrected chi connectivity index (χ4v) is 3.26. The van der Waals surface area contributed by atoms with Crippen molar-refractivity contribution >= 4 is 5.91 Å². The van der Waals surface area contributed by atoms with Crippen LogP contribution in [0.3, 0.4) is 0 Å². The Balaban J connectivity index is 1.52. The second-order valence-electron chi connectivity index (χ2n) is 6.77. The Bertz CT molecular complexity index is 723. The lowest BCUT2D eigenvalue weighted by molar-refractivity contribution is -0.121. The van der Waals surface area contributed by atoms with Gasteiger partial charge < -0.3 is 10.4 Å². The summed E-state index contributed by atoms with van der Waals surface area (Å²) in [6.07, 6.45) is 4.13. The van der Waals surface area contributed by atoms with E-state index in [1.165, 1.54) is 5.69 Å². The van der Waals surface area contributed by atoms with Crippen LogP contribution in [0.4, 0.5) is 0 Å². The third-order valence-electron chi connectivity index (χ3n) is 4.61. The Labute approximate surface area is 153 Å². The molecular formula is C18H28N6O2. The smallest absolute Gasteiger partial charge is 0.220 e. The van der Waals surface area contributed by atoms with Crippen molar-refractivity contribution in [1.29, 1.82) is 0 Å². The van der Waals surface area contributed by atoms with Gasteiger partial charge >= 0.3 is 0 Å². The predicted octanol–water partition coefficient (Wildman–Crippen LogP) is 0.335. The van der Waals surface area contributed by atoms with Crippen LogP contribution >= 0.6 is 0 Å². The molecule has 142 valence electrons. The molecule has 26 heavy (non-hydrogen) atoms. The van der Waals surface area contributed by atoms with E-state index in [9.17, 15) is 4.79 Å². The molecule has 8 heteroatoms. The molecule has 0 bridgehead atoms. The van der Waals surface area contributed by atoms with Crippen molar-refractivity contribution in [2.75, 3.05) is 26.2 Å². The van der Waals surface area contributed by atoms with Gasteiger partial charge in [-0.2, -0.15) is 10.2 Å². The SMILES string of the molecule is Cc1ccn(CCN2CCCn3nc(CCC(=O)NCCO)cc3C2)n1.